The third-order valence-electron chi connectivity index (χ3n) is 5.66. The number of para-hydroxylation sites is 1. The largest absolute Gasteiger partial charge is 0.350 e. The second-order valence-corrected chi connectivity index (χ2v) is 7.36. The molecule has 138 valence electrons. The molecule has 1 aromatic carbocycles. The first-order valence-corrected chi connectivity index (χ1v) is 9.72. The molecule has 0 saturated carbocycles. The average Bonchev–Trinajstić information content (AvgIpc) is 3.34. The second-order valence-electron chi connectivity index (χ2n) is 7.36. The molecule has 0 aliphatic heterocycles. The maximum absolute atomic E-state index is 12.9. The minimum Gasteiger partial charge on any atom is -0.350 e. The van der Waals surface area contributed by atoms with Gasteiger partial charge >= 0.3 is 0 Å². The lowest BCUT2D eigenvalue weighted by molar-refractivity contribution is 0.0894. The number of aromatic nitrogens is 3. The van der Waals surface area contributed by atoms with Crippen molar-refractivity contribution in [3.63, 3.8) is 0 Å². The number of nitrogens with one attached hydrogen (secondary N) is 1. The lowest BCUT2D eigenvalue weighted by Crippen LogP contribution is -2.31. The minimum atomic E-state index is -0.157. The summed E-state index contributed by atoms with van der Waals surface area (Å²) in [5, 5.41) is 11.9. The van der Waals surface area contributed by atoms with Crippen LogP contribution in [0.4, 0.5) is 0 Å². The number of nitrogens with zero attached hydrogens (tertiary/aromatic N) is 3. The molecule has 0 bridgehead atoms. The van der Waals surface area contributed by atoms with E-state index in [2.05, 4.69) is 27.7 Å². The van der Waals surface area contributed by atoms with Crippen LogP contribution in [0.2, 0.25) is 0 Å². The summed E-state index contributed by atoms with van der Waals surface area (Å²) in [5.74, 6) is 0.239. The van der Waals surface area contributed by atoms with Gasteiger partial charge in [-0.2, -0.15) is 5.10 Å². The maximum Gasteiger partial charge on any atom is 0.290 e. The highest BCUT2D eigenvalue weighted by atomic mass is 16.5. The lowest BCUT2D eigenvalue weighted by Gasteiger charge is -2.24. The van der Waals surface area contributed by atoms with Gasteiger partial charge in [-0.1, -0.05) is 23.4 Å². The molecule has 1 unspecified atom stereocenters. The molecule has 1 N–H and O–H groups in total. The maximum atomic E-state index is 12.9. The summed E-state index contributed by atoms with van der Waals surface area (Å²) in [6.45, 7) is 0. The van der Waals surface area contributed by atoms with Gasteiger partial charge in [0.25, 0.3) is 5.91 Å². The van der Waals surface area contributed by atoms with Crippen molar-refractivity contribution in [3.8, 4) is 5.69 Å². The van der Waals surface area contributed by atoms with Crippen LogP contribution in [-0.4, -0.2) is 20.8 Å². The molecular weight excluding hydrogens is 340 g/mol. The lowest BCUT2D eigenvalue weighted by atomic mass is 9.92. The monoisotopic (exact) mass is 362 g/mol. The first kappa shape index (κ1) is 16.3. The Bertz CT molecular complexity index is 973. The van der Waals surface area contributed by atoms with Gasteiger partial charge < -0.3 is 9.84 Å². The molecule has 0 spiro atoms. The highest BCUT2D eigenvalue weighted by molar-refractivity contribution is 5.93. The molecule has 2 aliphatic rings. The van der Waals surface area contributed by atoms with E-state index < -0.39 is 0 Å². The summed E-state index contributed by atoms with van der Waals surface area (Å²) in [6.07, 6.45) is 8.78. The van der Waals surface area contributed by atoms with Gasteiger partial charge in [-0.3, -0.25) is 4.79 Å². The zero-order chi connectivity index (χ0) is 18.2. The van der Waals surface area contributed by atoms with Crippen LogP contribution in [0.3, 0.4) is 0 Å². The highest BCUT2D eigenvalue weighted by Crippen LogP contribution is 2.32. The van der Waals surface area contributed by atoms with E-state index in [0.29, 0.717) is 5.76 Å². The third kappa shape index (κ3) is 2.85. The van der Waals surface area contributed by atoms with E-state index in [9.17, 15) is 4.79 Å². The van der Waals surface area contributed by atoms with Crippen molar-refractivity contribution in [1.82, 2.24) is 20.3 Å². The Morgan fingerprint density at radius 1 is 1.11 bits per heavy atom. The Labute approximate surface area is 157 Å². The predicted molar refractivity (Wildman–Crippen MR) is 99.9 cm³/mol. The molecule has 0 fully saturated rings. The van der Waals surface area contributed by atoms with Gasteiger partial charge in [0.2, 0.25) is 5.76 Å². The summed E-state index contributed by atoms with van der Waals surface area (Å²) in [4.78, 5) is 12.9. The van der Waals surface area contributed by atoms with Crippen LogP contribution in [-0.2, 0) is 19.3 Å². The van der Waals surface area contributed by atoms with E-state index in [1.54, 1.807) is 0 Å². The summed E-state index contributed by atoms with van der Waals surface area (Å²) in [7, 11) is 0. The fourth-order valence-electron chi connectivity index (χ4n) is 4.29. The molecule has 0 saturated heterocycles. The molecule has 27 heavy (non-hydrogen) atoms. The molecule has 2 aromatic heterocycles. The van der Waals surface area contributed by atoms with Gasteiger partial charge in [-0.25, -0.2) is 4.68 Å². The van der Waals surface area contributed by atoms with Gasteiger partial charge in [0.05, 0.1) is 23.6 Å². The number of hydrogen-bond acceptors (Lipinski definition) is 4. The van der Waals surface area contributed by atoms with Gasteiger partial charge in [-0.05, 0) is 57.1 Å². The van der Waals surface area contributed by atoms with Crippen molar-refractivity contribution in [2.45, 2.75) is 51.0 Å². The Morgan fingerprint density at radius 2 is 1.96 bits per heavy atom. The quantitative estimate of drug-likeness (QED) is 0.773. The van der Waals surface area contributed by atoms with Gasteiger partial charge in [-0.15, -0.1) is 0 Å². The Hall–Kier alpha value is -2.89. The van der Waals surface area contributed by atoms with E-state index >= 15 is 0 Å². The highest BCUT2D eigenvalue weighted by Gasteiger charge is 2.29. The zero-order valence-electron chi connectivity index (χ0n) is 15.1. The van der Waals surface area contributed by atoms with Gasteiger partial charge in [0.1, 0.15) is 0 Å². The molecule has 1 atom stereocenters. The number of rotatable bonds is 3. The Morgan fingerprint density at radius 3 is 2.85 bits per heavy atom. The number of carbonyl (C=O) groups excluding carboxylic acids is 1. The average molecular weight is 362 g/mol. The predicted octanol–water partition coefficient (Wildman–Crippen LogP) is 3.55. The third-order valence-corrected chi connectivity index (χ3v) is 5.66. The van der Waals surface area contributed by atoms with Gasteiger partial charge in [0.15, 0.2) is 0 Å². The second kappa shape index (κ2) is 6.68. The van der Waals surface area contributed by atoms with Crippen LogP contribution in [0.1, 0.15) is 64.8 Å². The Kier molecular flexibility index (Phi) is 4.03. The van der Waals surface area contributed by atoms with Crippen LogP contribution >= 0.6 is 0 Å². The summed E-state index contributed by atoms with van der Waals surface area (Å²) in [5.41, 5.74) is 5.28. The molecule has 6 heteroatoms. The minimum absolute atomic E-state index is 0.0388. The number of aryl methyl sites for hydroxylation is 1. The molecule has 3 aromatic rings. The molecule has 5 rings (SSSR count). The van der Waals surface area contributed by atoms with E-state index in [1.165, 1.54) is 5.69 Å². The number of hydrogen-bond donors (Lipinski definition) is 1. The number of fused-ring (bicyclic) bond motifs is 2. The smallest absolute Gasteiger partial charge is 0.290 e. The molecule has 0 radical (unpaired) electrons. The van der Waals surface area contributed by atoms with Crippen molar-refractivity contribution in [1.29, 1.82) is 0 Å². The zero-order valence-corrected chi connectivity index (χ0v) is 15.1. The van der Waals surface area contributed by atoms with Crippen molar-refractivity contribution in [3.05, 3.63) is 64.8 Å². The topological polar surface area (TPSA) is 73.0 Å². The Balaban J connectivity index is 1.41. The summed E-state index contributed by atoms with van der Waals surface area (Å²) >= 11 is 0. The van der Waals surface area contributed by atoms with Crippen LogP contribution < -0.4 is 5.32 Å². The van der Waals surface area contributed by atoms with Crippen LogP contribution in [0.15, 0.2) is 41.1 Å². The first-order chi connectivity index (χ1) is 13.3. The molecular formula is C21H22N4O2. The normalized spacial score (nSPS) is 18.6. The van der Waals surface area contributed by atoms with E-state index in [0.717, 1.165) is 67.5 Å². The fourth-order valence-corrected chi connectivity index (χ4v) is 4.29. The number of carbonyl (C=O) groups is 1. The van der Waals surface area contributed by atoms with Crippen LogP contribution in [0, 0.1) is 0 Å². The van der Waals surface area contributed by atoms with Gasteiger partial charge in [0, 0.05) is 16.8 Å². The molecule has 1 amide bonds. The number of benzene rings is 1. The van der Waals surface area contributed by atoms with E-state index in [-0.39, 0.29) is 11.9 Å². The first-order valence-electron chi connectivity index (χ1n) is 9.72. The van der Waals surface area contributed by atoms with Crippen molar-refractivity contribution in [2.24, 2.45) is 0 Å². The molecule has 6 nitrogen and oxygen atoms in total. The molecule has 2 heterocycles. The summed E-state index contributed by atoms with van der Waals surface area (Å²) in [6, 6.07) is 10.1. The summed E-state index contributed by atoms with van der Waals surface area (Å²) < 4.78 is 7.39. The number of amides is 1. The van der Waals surface area contributed by atoms with Crippen LogP contribution in [0.5, 0.6) is 0 Å². The van der Waals surface area contributed by atoms with Crippen LogP contribution in [0.25, 0.3) is 5.69 Å². The van der Waals surface area contributed by atoms with Crippen molar-refractivity contribution < 1.29 is 9.32 Å². The SMILES string of the molecule is O=C(NC1CCCc2c1cnn2-c1ccccc1)c1onc2c1CCCC2. The van der Waals surface area contributed by atoms with E-state index in [1.807, 2.05) is 29.1 Å². The van der Waals surface area contributed by atoms with Crippen molar-refractivity contribution >= 4 is 5.91 Å². The van der Waals surface area contributed by atoms with Crippen molar-refractivity contribution in [2.75, 3.05) is 0 Å². The fraction of sp³-hybridized carbons (Fsp3) is 0.381. The standard InChI is InChI=1S/C21H22N4O2/c26-21(20-15-9-4-5-10-18(15)24-27-20)23-17-11-6-12-19-16(17)13-22-25(19)14-7-2-1-3-8-14/h1-3,7-8,13,17H,4-6,9-12H2,(H,23,26). The molecule has 2 aliphatic carbocycles. The van der Waals surface area contributed by atoms with E-state index in [4.69, 9.17) is 4.52 Å².